The summed E-state index contributed by atoms with van der Waals surface area (Å²) in [6.45, 7) is 1.63. The summed E-state index contributed by atoms with van der Waals surface area (Å²) < 4.78 is 26.3. The molecule has 0 aliphatic carbocycles. The van der Waals surface area contributed by atoms with E-state index in [9.17, 15) is 13.6 Å². The second-order valence-corrected chi connectivity index (χ2v) is 4.97. The van der Waals surface area contributed by atoms with Crippen molar-refractivity contribution in [2.75, 3.05) is 26.2 Å². The zero-order chi connectivity index (χ0) is 13.8. The van der Waals surface area contributed by atoms with E-state index in [0.717, 1.165) is 31.5 Å². The van der Waals surface area contributed by atoms with Crippen LogP contribution in [0.15, 0.2) is 18.2 Å². The highest BCUT2D eigenvalue weighted by Gasteiger charge is 2.22. The average molecular weight is 269 g/mol. The Kier molecular flexibility index (Phi) is 4.61. The highest BCUT2D eigenvalue weighted by molar-refractivity contribution is 5.97. The lowest BCUT2D eigenvalue weighted by atomic mass is 9.98. The highest BCUT2D eigenvalue weighted by atomic mass is 19.1. The number of halogens is 2. The third-order valence-corrected chi connectivity index (χ3v) is 3.46. The van der Waals surface area contributed by atoms with Gasteiger partial charge in [0.05, 0.1) is 12.1 Å². The van der Waals surface area contributed by atoms with Gasteiger partial charge in [-0.25, -0.2) is 8.78 Å². The Balaban J connectivity index is 2.00. The number of ketones is 1. The number of likely N-dealkylation sites (tertiary alicyclic amines) is 1. The third-order valence-electron chi connectivity index (χ3n) is 3.46. The number of hydrogen-bond acceptors (Lipinski definition) is 3. The first-order valence-electron chi connectivity index (χ1n) is 6.41. The Bertz CT molecular complexity index is 465. The average Bonchev–Trinajstić information content (AvgIpc) is 2.38. The zero-order valence-corrected chi connectivity index (χ0v) is 10.6. The molecule has 1 fully saturated rings. The van der Waals surface area contributed by atoms with Crippen LogP contribution in [0, 0.1) is 17.6 Å². The normalized spacial score (nSPS) is 20.5. The van der Waals surface area contributed by atoms with E-state index in [1.165, 1.54) is 6.07 Å². The molecule has 1 N–H and O–H groups in total. The first-order chi connectivity index (χ1) is 9.10. The van der Waals surface area contributed by atoms with Crippen LogP contribution in [0.25, 0.3) is 0 Å². The fourth-order valence-corrected chi connectivity index (χ4v) is 2.45. The van der Waals surface area contributed by atoms with Crippen molar-refractivity contribution < 1.29 is 18.7 Å². The van der Waals surface area contributed by atoms with E-state index in [1.54, 1.807) is 0 Å². The van der Waals surface area contributed by atoms with E-state index >= 15 is 0 Å². The first-order valence-corrected chi connectivity index (χ1v) is 6.41. The minimum absolute atomic E-state index is 0.0764. The quantitative estimate of drug-likeness (QED) is 0.848. The van der Waals surface area contributed by atoms with Gasteiger partial charge in [-0.05, 0) is 37.4 Å². The molecule has 2 rings (SSSR count). The van der Waals surface area contributed by atoms with Gasteiger partial charge in [0.15, 0.2) is 5.78 Å². The summed E-state index contributed by atoms with van der Waals surface area (Å²) in [4.78, 5) is 13.9. The number of aliphatic hydroxyl groups excluding tert-OH is 1. The summed E-state index contributed by atoms with van der Waals surface area (Å²) in [5.74, 6) is -1.68. The summed E-state index contributed by atoms with van der Waals surface area (Å²) in [6.07, 6.45) is 1.87. The van der Waals surface area contributed by atoms with Crippen LogP contribution in [0.1, 0.15) is 23.2 Å². The fourth-order valence-electron chi connectivity index (χ4n) is 2.45. The largest absolute Gasteiger partial charge is 0.396 e. The van der Waals surface area contributed by atoms with Crippen molar-refractivity contribution in [2.24, 2.45) is 5.92 Å². The lowest BCUT2D eigenvalue weighted by Crippen LogP contribution is -2.40. The summed E-state index contributed by atoms with van der Waals surface area (Å²) in [6, 6.07) is 2.99. The highest BCUT2D eigenvalue weighted by Crippen LogP contribution is 2.17. The lowest BCUT2D eigenvalue weighted by Gasteiger charge is -2.31. The molecule has 3 nitrogen and oxygen atoms in total. The lowest BCUT2D eigenvalue weighted by molar-refractivity contribution is 0.0830. The molecule has 104 valence electrons. The molecule has 1 aliphatic heterocycles. The molecule has 1 unspecified atom stereocenters. The van der Waals surface area contributed by atoms with Crippen molar-refractivity contribution in [1.29, 1.82) is 0 Å². The first kappa shape index (κ1) is 14.1. The van der Waals surface area contributed by atoms with E-state index in [2.05, 4.69) is 0 Å². The molecule has 0 saturated carbocycles. The standard InChI is InChI=1S/C14H17F2NO2/c15-11-3-4-12(13(16)6-11)14(19)8-17-5-1-2-10(7-17)9-18/h3-4,6,10,18H,1-2,5,7-9H2. The molecule has 1 heterocycles. The summed E-state index contributed by atoms with van der Waals surface area (Å²) in [5, 5.41) is 9.12. The predicted octanol–water partition coefficient (Wildman–Crippen LogP) is 1.85. The summed E-state index contributed by atoms with van der Waals surface area (Å²) >= 11 is 0. The van der Waals surface area contributed by atoms with Crippen LogP contribution in [0.2, 0.25) is 0 Å². The molecule has 5 heteroatoms. The Labute approximate surface area is 110 Å². The monoisotopic (exact) mass is 269 g/mol. The van der Waals surface area contributed by atoms with Crippen LogP contribution >= 0.6 is 0 Å². The molecular formula is C14H17F2NO2. The maximum absolute atomic E-state index is 13.5. The smallest absolute Gasteiger partial charge is 0.179 e. The van der Waals surface area contributed by atoms with Gasteiger partial charge in [0.1, 0.15) is 11.6 Å². The van der Waals surface area contributed by atoms with E-state index in [1.807, 2.05) is 4.90 Å². The third kappa shape index (κ3) is 3.58. The summed E-state index contributed by atoms with van der Waals surface area (Å²) in [5.41, 5.74) is -0.0764. The van der Waals surface area contributed by atoms with Gasteiger partial charge in [-0.1, -0.05) is 0 Å². The number of carbonyl (C=O) groups is 1. The van der Waals surface area contributed by atoms with Gasteiger partial charge in [-0.3, -0.25) is 9.69 Å². The molecule has 0 radical (unpaired) electrons. The van der Waals surface area contributed by atoms with Crippen molar-refractivity contribution >= 4 is 5.78 Å². The minimum atomic E-state index is -0.819. The molecule has 0 amide bonds. The van der Waals surface area contributed by atoms with E-state index < -0.39 is 11.6 Å². The number of piperidine rings is 1. The van der Waals surface area contributed by atoms with Crippen LogP contribution in [0.4, 0.5) is 8.78 Å². The fraction of sp³-hybridized carbons (Fsp3) is 0.500. The van der Waals surface area contributed by atoms with Gasteiger partial charge in [-0.15, -0.1) is 0 Å². The van der Waals surface area contributed by atoms with Gasteiger partial charge >= 0.3 is 0 Å². The molecule has 0 bridgehead atoms. The maximum atomic E-state index is 13.5. The minimum Gasteiger partial charge on any atom is -0.396 e. The molecular weight excluding hydrogens is 252 g/mol. The van der Waals surface area contributed by atoms with Gasteiger partial charge in [0.2, 0.25) is 0 Å². The molecule has 0 spiro atoms. The molecule has 1 aliphatic rings. The van der Waals surface area contributed by atoms with Gasteiger partial charge < -0.3 is 5.11 Å². The SMILES string of the molecule is O=C(CN1CCCC(CO)C1)c1ccc(F)cc1F. The molecule has 0 aromatic heterocycles. The number of Topliss-reactive ketones (excluding diaryl/α,β-unsaturated/α-hetero) is 1. The van der Waals surface area contributed by atoms with Crippen LogP contribution < -0.4 is 0 Å². The number of aliphatic hydroxyl groups is 1. The second-order valence-electron chi connectivity index (χ2n) is 4.97. The zero-order valence-electron chi connectivity index (χ0n) is 10.6. The van der Waals surface area contributed by atoms with E-state index in [0.29, 0.717) is 6.54 Å². The van der Waals surface area contributed by atoms with Crippen molar-refractivity contribution in [1.82, 2.24) is 4.90 Å². The van der Waals surface area contributed by atoms with Crippen molar-refractivity contribution in [3.8, 4) is 0 Å². The van der Waals surface area contributed by atoms with Crippen molar-refractivity contribution in [2.45, 2.75) is 12.8 Å². The molecule has 1 saturated heterocycles. The number of nitrogens with zero attached hydrogens (tertiary/aromatic N) is 1. The topological polar surface area (TPSA) is 40.5 Å². The number of hydrogen-bond donors (Lipinski definition) is 1. The maximum Gasteiger partial charge on any atom is 0.179 e. The number of rotatable bonds is 4. The van der Waals surface area contributed by atoms with Crippen LogP contribution in [-0.2, 0) is 0 Å². The summed E-state index contributed by atoms with van der Waals surface area (Å²) in [7, 11) is 0. The molecule has 19 heavy (non-hydrogen) atoms. The molecule has 1 aromatic carbocycles. The van der Waals surface area contributed by atoms with E-state index in [-0.39, 0.29) is 30.4 Å². The van der Waals surface area contributed by atoms with Crippen LogP contribution in [-0.4, -0.2) is 42.0 Å². The Morgan fingerprint density at radius 2 is 2.21 bits per heavy atom. The number of carbonyl (C=O) groups excluding carboxylic acids is 1. The molecule has 1 aromatic rings. The van der Waals surface area contributed by atoms with Crippen LogP contribution in [0.5, 0.6) is 0 Å². The van der Waals surface area contributed by atoms with Crippen LogP contribution in [0.3, 0.4) is 0 Å². The Morgan fingerprint density at radius 3 is 2.89 bits per heavy atom. The predicted molar refractivity (Wildman–Crippen MR) is 66.9 cm³/mol. The van der Waals surface area contributed by atoms with Gasteiger partial charge in [-0.2, -0.15) is 0 Å². The Morgan fingerprint density at radius 1 is 1.42 bits per heavy atom. The molecule has 1 atom stereocenters. The Hall–Kier alpha value is -1.33. The van der Waals surface area contributed by atoms with Gasteiger partial charge in [0.25, 0.3) is 0 Å². The van der Waals surface area contributed by atoms with Crippen molar-refractivity contribution in [3.63, 3.8) is 0 Å². The van der Waals surface area contributed by atoms with E-state index in [4.69, 9.17) is 5.11 Å². The second kappa shape index (κ2) is 6.21. The van der Waals surface area contributed by atoms with Crippen molar-refractivity contribution in [3.05, 3.63) is 35.4 Å². The number of benzene rings is 1. The van der Waals surface area contributed by atoms with Gasteiger partial charge in [0, 0.05) is 19.2 Å².